The van der Waals surface area contributed by atoms with Crippen LogP contribution in [0.25, 0.3) is 0 Å². The van der Waals surface area contributed by atoms with Crippen molar-refractivity contribution in [2.45, 2.75) is 81.3 Å². The number of ether oxygens (including phenoxy) is 1. The number of rotatable bonds is 4. The predicted molar refractivity (Wildman–Crippen MR) is 79.8 cm³/mol. The largest absolute Gasteiger partial charge is 0.370 e. The highest BCUT2D eigenvalue weighted by atomic mass is 35.5. The molecule has 0 radical (unpaired) electrons. The van der Waals surface area contributed by atoms with Crippen molar-refractivity contribution in [1.82, 2.24) is 5.32 Å². The summed E-state index contributed by atoms with van der Waals surface area (Å²) in [6.45, 7) is 2.18. The van der Waals surface area contributed by atoms with Gasteiger partial charge >= 0.3 is 0 Å². The Morgan fingerprint density at radius 3 is 2.63 bits per heavy atom. The van der Waals surface area contributed by atoms with Crippen molar-refractivity contribution in [1.29, 1.82) is 0 Å². The fourth-order valence-electron chi connectivity index (χ4n) is 4.29. The van der Waals surface area contributed by atoms with E-state index in [0.717, 1.165) is 19.0 Å². The van der Waals surface area contributed by atoms with Gasteiger partial charge in [0.05, 0.1) is 11.7 Å². The highest BCUT2D eigenvalue weighted by molar-refractivity contribution is 6.20. The van der Waals surface area contributed by atoms with Crippen LogP contribution in [0.4, 0.5) is 0 Å². The fourth-order valence-corrected chi connectivity index (χ4v) is 4.69. The van der Waals surface area contributed by atoms with E-state index in [4.69, 9.17) is 16.3 Å². The molecule has 1 heterocycles. The first-order chi connectivity index (χ1) is 9.26. The van der Waals surface area contributed by atoms with Gasteiger partial charge in [-0.15, -0.1) is 11.6 Å². The van der Waals surface area contributed by atoms with E-state index < -0.39 is 0 Å². The summed E-state index contributed by atoms with van der Waals surface area (Å²) < 4.78 is 6.33. The summed E-state index contributed by atoms with van der Waals surface area (Å²) in [5.41, 5.74) is 0.290. The van der Waals surface area contributed by atoms with E-state index >= 15 is 0 Å². The number of hydrogen-bond donors (Lipinski definition) is 1. The molecule has 19 heavy (non-hydrogen) atoms. The molecule has 0 bridgehead atoms. The number of alkyl halides is 1. The lowest BCUT2D eigenvalue weighted by Gasteiger charge is -2.27. The molecule has 3 atom stereocenters. The molecule has 2 nitrogen and oxygen atoms in total. The minimum atomic E-state index is 0.290. The van der Waals surface area contributed by atoms with E-state index in [2.05, 4.69) is 5.32 Å². The zero-order chi connectivity index (χ0) is 13.1. The first-order valence-corrected chi connectivity index (χ1v) is 8.72. The van der Waals surface area contributed by atoms with Crippen LogP contribution in [-0.4, -0.2) is 30.2 Å². The van der Waals surface area contributed by atoms with Crippen LogP contribution in [0, 0.1) is 5.92 Å². The Balaban J connectivity index is 1.34. The van der Waals surface area contributed by atoms with Crippen LogP contribution >= 0.6 is 11.6 Å². The third kappa shape index (κ3) is 3.65. The Bertz CT molecular complexity index is 290. The molecule has 1 spiro atoms. The Kier molecular flexibility index (Phi) is 4.71. The highest BCUT2D eigenvalue weighted by Crippen LogP contribution is 2.43. The smallest absolute Gasteiger partial charge is 0.0708 e. The van der Waals surface area contributed by atoms with E-state index in [1.54, 1.807) is 0 Å². The molecule has 3 aliphatic rings. The Morgan fingerprint density at radius 2 is 1.84 bits per heavy atom. The van der Waals surface area contributed by atoms with Crippen molar-refractivity contribution in [2.24, 2.45) is 5.92 Å². The minimum absolute atomic E-state index is 0.290. The van der Waals surface area contributed by atoms with E-state index in [-0.39, 0.29) is 0 Å². The van der Waals surface area contributed by atoms with E-state index in [9.17, 15) is 0 Å². The van der Waals surface area contributed by atoms with Gasteiger partial charge in [0.2, 0.25) is 0 Å². The predicted octanol–water partition coefficient (Wildman–Crippen LogP) is 3.87. The van der Waals surface area contributed by atoms with Crippen LogP contribution in [0.3, 0.4) is 0 Å². The average Bonchev–Trinajstić information content (AvgIpc) is 3.01. The van der Waals surface area contributed by atoms with Crippen LogP contribution in [0.15, 0.2) is 0 Å². The molecule has 3 heteroatoms. The van der Waals surface area contributed by atoms with Gasteiger partial charge in [0.25, 0.3) is 0 Å². The zero-order valence-corrected chi connectivity index (χ0v) is 12.8. The third-order valence-corrected chi connectivity index (χ3v) is 5.77. The van der Waals surface area contributed by atoms with Gasteiger partial charge in [-0.2, -0.15) is 0 Å². The van der Waals surface area contributed by atoms with Gasteiger partial charge in [0.15, 0.2) is 0 Å². The molecule has 0 aromatic heterocycles. The van der Waals surface area contributed by atoms with Crippen LogP contribution in [0.5, 0.6) is 0 Å². The van der Waals surface area contributed by atoms with Crippen molar-refractivity contribution in [2.75, 3.05) is 13.1 Å². The normalized spacial score (nSPS) is 38.1. The Morgan fingerprint density at radius 1 is 1.00 bits per heavy atom. The second-order valence-electron chi connectivity index (χ2n) is 6.96. The number of nitrogens with one attached hydrogen (secondary N) is 1. The van der Waals surface area contributed by atoms with Crippen LogP contribution in [0.1, 0.15) is 64.2 Å². The number of halogens is 1. The van der Waals surface area contributed by atoms with Crippen LogP contribution < -0.4 is 5.32 Å². The molecule has 1 aliphatic heterocycles. The Labute approximate surface area is 122 Å². The molecule has 3 fully saturated rings. The molecular weight excluding hydrogens is 258 g/mol. The van der Waals surface area contributed by atoms with Crippen LogP contribution in [-0.2, 0) is 4.74 Å². The molecule has 110 valence electrons. The van der Waals surface area contributed by atoms with Gasteiger partial charge < -0.3 is 10.1 Å². The fraction of sp³-hybridized carbons (Fsp3) is 1.00. The molecule has 0 amide bonds. The quantitative estimate of drug-likeness (QED) is 0.792. The SMILES string of the molecule is ClC1CCCC(CNCC2CCC3(CCCC3)O2)C1. The summed E-state index contributed by atoms with van der Waals surface area (Å²) in [5.74, 6) is 0.790. The van der Waals surface area contributed by atoms with Crippen molar-refractivity contribution >= 4 is 11.6 Å². The van der Waals surface area contributed by atoms with Crippen molar-refractivity contribution in [3.05, 3.63) is 0 Å². The summed E-state index contributed by atoms with van der Waals surface area (Å²) in [5, 5.41) is 4.06. The molecule has 0 aromatic rings. The average molecular weight is 286 g/mol. The first-order valence-electron chi connectivity index (χ1n) is 8.28. The van der Waals surface area contributed by atoms with Gasteiger partial charge in [-0.05, 0) is 57.4 Å². The zero-order valence-electron chi connectivity index (χ0n) is 12.0. The second-order valence-corrected chi connectivity index (χ2v) is 7.57. The summed E-state index contributed by atoms with van der Waals surface area (Å²) in [4.78, 5) is 0. The van der Waals surface area contributed by atoms with Gasteiger partial charge in [-0.1, -0.05) is 19.3 Å². The van der Waals surface area contributed by atoms with Gasteiger partial charge in [0, 0.05) is 11.9 Å². The maximum absolute atomic E-state index is 6.33. The molecule has 2 saturated carbocycles. The summed E-state index contributed by atoms with van der Waals surface area (Å²) in [6, 6.07) is 0. The molecule has 3 unspecified atom stereocenters. The van der Waals surface area contributed by atoms with E-state index in [1.165, 1.54) is 64.2 Å². The van der Waals surface area contributed by atoms with Crippen molar-refractivity contribution in [3.8, 4) is 0 Å². The molecular formula is C16H28ClNO. The summed E-state index contributed by atoms with van der Waals surface area (Å²) >= 11 is 6.25. The monoisotopic (exact) mass is 285 g/mol. The Hall–Kier alpha value is 0.210. The van der Waals surface area contributed by atoms with E-state index in [0.29, 0.717) is 17.1 Å². The molecule has 1 saturated heterocycles. The lowest BCUT2D eigenvalue weighted by Crippen LogP contribution is -2.34. The minimum Gasteiger partial charge on any atom is -0.370 e. The highest BCUT2D eigenvalue weighted by Gasteiger charge is 2.41. The summed E-state index contributed by atoms with van der Waals surface area (Å²) in [7, 11) is 0. The maximum atomic E-state index is 6.33. The molecule has 2 aliphatic carbocycles. The second kappa shape index (κ2) is 6.32. The molecule has 0 aromatic carbocycles. The van der Waals surface area contributed by atoms with Crippen molar-refractivity contribution < 1.29 is 4.74 Å². The summed E-state index contributed by atoms with van der Waals surface area (Å²) in [6.07, 6.45) is 13.5. The molecule has 1 N–H and O–H groups in total. The molecule has 3 rings (SSSR count). The number of hydrogen-bond acceptors (Lipinski definition) is 2. The van der Waals surface area contributed by atoms with Gasteiger partial charge in [-0.25, -0.2) is 0 Å². The standard InChI is InChI=1S/C16H28ClNO/c17-14-5-3-4-13(10-14)11-18-12-15-6-9-16(19-15)7-1-2-8-16/h13-15,18H,1-12H2. The van der Waals surface area contributed by atoms with Gasteiger partial charge in [-0.3, -0.25) is 0 Å². The van der Waals surface area contributed by atoms with Gasteiger partial charge in [0.1, 0.15) is 0 Å². The maximum Gasteiger partial charge on any atom is 0.0708 e. The van der Waals surface area contributed by atoms with Crippen LogP contribution in [0.2, 0.25) is 0 Å². The topological polar surface area (TPSA) is 21.3 Å². The van der Waals surface area contributed by atoms with E-state index in [1.807, 2.05) is 0 Å². The first kappa shape index (κ1) is 14.2. The third-order valence-electron chi connectivity index (χ3n) is 5.38. The lowest BCUT2D eigenvalue weighted by atomic mass is 9.89. The lowest BCUT2D eigenvalue weighted by molar-refractivity contribution is -0.0353. The van der Waals surface area contributed by atoms with Crippen molar-refractivity contribution in [3.63, 3.8) is 0 Å².